The average molecular weight is 522 g/mol. The van der Waals surface area contributed by atoms with Gasteiger partial charge in [-0.15, -0.1) is 0 Å². The van der Waals surface area contributed by atoms with Gasteiger partial charge in [-0.25, -0.2) is 8.42 Å². The fourth-order valence-corrected chi connectivity index (χ4v) is 3.85. The molecule has 29 heavy (non-hydrogen) atoms. The Kier molecular flexibility index (Phi) is 6.75. The van der Waals surface area contributed by atoms with E-state index >= 15 is 0 Å². The summed E-state index contributed by atoms with van der Waals surface area (Å²) in [6, 6.07) is 20.4. The smallest absolute Gasteiger partial charge is 0.262 e. The normalized spacial score (nSPS) is 11.0. The Hall–Kier alpha value is -2.59. The van der Waals surface area contributed by atoms with Gasteiger partial charge in [0, 0.05) is 14.9 Å². The second kappa shape index (κ2) is 9.27. The monoisotopic (exact) mass is 522 g/mol. The first-order valence-electron chi connectivity index (χ1n) is 8.70. The number of halogens is 1. The van der Waals surface area contributed by atoms with Crippen molar-refractivity contribution in [1.29, 1.82) is 0 Å². The largest absolute Gasteiger partial charge is 0.484 e. The number of carbonyl (C=O) groups excluding carboxylic acids is 1. The maximum atomic E-state index is 12.5. The molecule has 8 heteroatoms. The highest BCUT2D eigenvalue weighted by Gasteiger charge is 2.14. The van der Waals surface area contributed by atoms with E-state index in [0.29, 0.717) is 17.1 Å². The number of anilines is 2. The Labute approximate surface area is 183 Å². The first-order valence-corrected chi connectivity index (χ1v) is 11.3. The van der Waals surface area contributed by atoms with E-state index in [1.54, 1.807) is 24.3 Å². The first kappa shape index (κ1) is 21.1. The van der Waals surface area contributed by atoms with Crippen molar-refractivity contribution in [1.82, 2.24) is 0 Å². The number of amides is 1. The zero-order chi connectivity index (χ0) is 20.9. The van der Waals surface area contributed by atoms with Gasteiger partial charge < -0.3 is 10.1 Å². The fourth-order valence-electron chi connectivity index (χ4n) is 2.43. The van der Waals surface area contributed by atoms with E-state index in [0.717, 1.165) is 9.13 Å². The van der Waals surface area contributed by atoms with Gasteiger partial charge in [0.05, 0.1) is 4.90 Å². The zero-order valence-electron chi connectivity index (χ0n) is 15.6. The number of rotatable bonds is 7. The molecule has 0 fully saturated rings. The topological polar surface area (TPSA) is 84.5 Å². The summed E-state index contributed by atoms with van der Waals surface area (Å²) in [6.07, 6.45) is 0. The Balaban J connectivity index is 1.58. The number of ether oxygens (including phenoxy) is 1. The maximum absolute atomic E-state index is 12.5. The van der Waals surface area contributed by atoms with Crippen molar-refractivity contribution in [3.8, 4) is 5.75 Å². The number of sulfonamides is 1. The van der Waals surface area contributed by atoms with Crippen LogP contribution in [0.1, 0.15) is 5.56 Å². The molecule has 0 heterocycles. The highest BCUT2D eigenvalue weighted by atomic mass is 127. The van der Waals surface area contributed by atoms with Crippen molar-refractivity contribution in [2.45, 2.75) is 11.8 Å². The van der Waals surface area contributed by atoms with Gasteiger partial charge in [-0.1, -0.05) is 17.7 Å². The van der Waals surface area contributed by atoms with E-state index in [1.165, 1.54) is 24.3 Å². The molecule has 0 saturated heterocycles. The van der Waals surface area contributed by atoms with Crippen molar-refractivity contribution >= 4 is 49.9 Å². The molecule has 0 radical (unpaired) electrons. The Morgan fingerprint density at radius 1 is 0.897 bits per heavy atom. The van der Waals surface area contributed by atoms with Crippen LogP contribution in [0, 0.1) is 10.5 Å². The Bertz CT molecular complexity index is 1080. The van der Waals surface area contributed by atoms with Crippen molar-refractivity contribution < 1.29 is 17.9 Å². The molecule has 0 spiro atoms. The summed E-state index contributed by atoms with van der Waals surface area (Å²) in [7, 11) is -3.71. The molecule has 150 valence electrons. The van der Waals surface area contributed by atoms with Gasteiger partial charge in [0.1, 0.15) is 5.75 Å². The molecule has 0 saturated carbocycles. The van der Waals surface area contributed by atoms with Crippen molar-refractivity contribution in [2.24, 2.45) is 0 Å². The molecule has 0 aromatic heterocycles. The van der Waals surface area contributed by atoms with Crippen molar-refractivity contribution in [3.05, 3.63) is 81.9 Å². The number of benzene rings is 3. The van der Waals surface area contributed by atoms with Crippen LogP contribution in [0.2, 0.25) is 0 Å². The fraction of sp³-hybridized carbons (Fsp3) is 0.0952. The molecule has 0 unspecified atom stereocenters. The summed E-state index contributed by atoms with van der Waals surface area (Å²) >= 11 is 2.15. The first-order chi connectivity index (χ1) is 13.8. The summed E-state index contributed by atoms with van der Waals surface area (Å²) in [6.45, 7) is 1.83. The van der Waals surface area contributed by atoms with Crippen LogP contribution in [-0.4, -0.2) is 20.9 Å². The van der Waals surface area contributed by atoms with E-state index < -0.39 is 10.0 Å². The lowest BCUT2D eigenvalue weighted by Gasteiger charge is -2.10. The second-order valence-electron chi connectivity index (χ2n) is 6.29. The van der Waals surface area contributed by atoms with Gasteiger partial charge in [-0.2, -0.15) is 0 Å². The third kappa shape index (κ3) is 6.20. The van der Waals surface area contributed by atoms with Gasteiger partial charge >= 0.3 is 0 Å². The van der Waals surface area contributed by atoms with Crippen LogP contribution in [0.4, 0.5) is 11.4 Å². The molecule has 0 aliphatic heterocycles. The van der Waals surface area contributed by atoms with E-state index in [4.69, 9.17) is 4.74 Å². The highest BCUT2D eigenvalue weighted by molar-refractivity contribution is 14.1. The van der Waals surface area contributed by atoms with E-state index in [1.807, 2.05) is 31.2 Å². The predicted molar refractivity (Wildman–Crippen MR) is 122 cm³/mol. The molecule has 3 aromatic rings. The van der Waals surface area contributed by atoms with E-state index in [-0.39, 0.29) is 17.4 Å². The zero-order valence-corrected chi connectivity index (χ0v) is 18.5. The third-order valence-corrected chi connectivity index (χ3v) is 6.05. The third-order valence-electron chi connectivity index (χ3n) is 3.94. The summed E-state index contributed by atoms with van der Waals surface area (Å²) < 4.78 is 33.9. The highest BCUT2D eigenvalue weighted by Crippen LogP contribution is 2.19. The molecule has 0 atom stereocenters. The number of aryl methyl sites for hydroxylation is 1. The molecular formula is C21H19IN2O4S. The van der Waals surface area contributed by atoms with Crippen molar-refractivity contribution in [2.75, 3.05) is 16.6 Å². The van der Waals surface area contributed by atoms with Crippen LogP contribution in [0.15, 0.2) is 77.7 Å². The average Bonchev–Trinajstić information content (AvgIpc) is 2.70. The second-order valence-corrected chi connectivity index (χ2v) is 9.21. The number of hydrogen-bond acceptors (Lipinski definition) is 4. The lowest BCUT2D eigenvalue weighted by molar-refractivity contribution is -0.118. The maximum Gasteiger partial charge on any atom is 0.262 e. The van der Waals surface area contributed by atoms with Crippen LogP contribution in [0.25, 0.3) is 0 Å². The Morgan fingerprint density at radius 3 is 2.10 bits per heavy atom. The van der Waals surface area contributed by atoms with Gasteiger partial charge in [-0.3, -0.25) is 9.52 Å². The summed E-state index contributed by atoms with van der Waals surface area (Å²) in [5.74, 6) is 0.270. The lowest BCUT2D eigenvalue weighted by Crippen LogP contribution is -2.20. The van der Waals surface area contributed by atoms with E-state index in [9.17, 15) is 13.2 Å². The molecule has 3 rings (SSSR count). The van der Waals surface area contributed by atoms with Crippen LogP contribution in [-0.2, 0) is 14.8 Å². The minimum Gasteiger partial charge on any atom is -0.484 e. The number of hydrogen-bond donors (Lipinski definition) is 2. The van der Waals surface area contributed by atoms with Gasteiger partial charge in [0.2, 0.25) is 0 Å². The van der Waals surface area contributed by atoms with Crippen molar-refractivity contribution in [3.63, 3.8) is 0 Å². The van der Waals surface area contributed by atoms with Crippen LogP contribution in [0.3, 0.4) is 0 Å². The summed E-state index contributed by atoms with van der Waals surface area (Å²) in [5.41, 5.74) is 2.07. The molecule has 0 aliphatic rings. The van der Waals surface area contributed by atoms with Gasteiger partial charge in [0.15, 0.2) is 6.61 Å². The molecular weight excluding hydrogens is 503 g/mol. The number of carbonyl (C=O) groups is 1. The predicted octanol–water partition coefficient (Wildman–Crippen LogP) is 4.42. The molecule has 2 N–H and O–H groups in total. The molecule has 0 bridgehead atoms. The van der Waals surface area contributed by atoms with Crippen LogP contribution < -0.4 is 14.8 Å². The standard InChI is InChI=1S/C21H19IN2O4S/c1-15-2-10-19(11-3-15)28-14-21(25)23-17-8-12-20(13-9-17)29(26,27)24-18-6-4-16(22)5-7-18/h2-13,24H,14H2,1H3,(H,23,25). The minimum atomic E-state index is -3.71. The lowest BCUT2D eigenvalue weighted by atomic mass is 10.2. The van der Waals surface area contributed by atoms with Crippen LogP contribution >= 0.6 is 22.6 Å². The number of nitrogens with one attached hydrogen (secondary N) is 2. The van der Waals surface area contributed by atoms with Gasteiger partial charge in [-0.05, 0) is 90.2 Å². The van der Waals surface area contributed by atoms with Crippen LogP contribution in [0.5, 0.6) is 5.75 Å². The molecule has 6 nitrogen and oxygen atoms in total. The molecule has 1 amide bonds. The quantitative estimate of drug-likeness (QED) is 0.451. The summed E-state index contributed by atoms with van der Waals surface area (Å²) in [5, 5.41) is 2.68. The summed E-state index contributed by atoms with van der Waals surface area (Å²) in [4.78, 5) is 12.1. The van der Waals surface area contributed by atoms with E-state index in [2.05, 4.69) is 32.6 Å². The molecule has 3 aromatic carbocycles. The van der Waals surface area contributed by atoms with Gasteiger partial charge in [0.25, 0.3) is 15.9 Å². The Morgan fingerprint density at radius 2 is 1.48 bits per heavy atom. The SMILES string of the molecule is Cc1ccc(OCC(=O)Nc2ccc(S(=O)(=O)Nc3ccc(I)cc3)cc2)cc1. The minimum absolute atomic E-state index is 0.102. The molecule has 0 aliphatic carbocycles.